The summed E-state index contributed by atoms with van der Waals surface area (Å²) < 4.78 is 0. The third-order valence-electron chi connectivity index (χ3n) is 5.50. The van der Waals surface area contributed by atoms with Gasteiger partial charge in [-0.2, -0.15) is 0 Å². The van der Waals surface area contributed by atoms with Crippen LogP contribution >= 0.6 is 0 Å². The van der Waals surface area contributed by atoms with E-state index in [1.807, 2.05) is 0 Å². The number of pyridine rings is 1. The Balaban J connectivity index is 1.66. The fourth-order valence-corrected chi connectivity index (χ4v) is 4.18. The van der Waals surface area contributed by atoms with Gasteiger partial charge in [-0.15, -0.1) is 0 Å². The molecule has 1 fully saturated rings. The van der Waals surface area contributed by atoms with E-state index in [1.54, 1.807) is 0 Å². The zero-order valence-electron chi connectivity index (χ0n) is 15.1. The molecule has 1 amide bonds. The van der Waals surface area contributed by atoms with E-state index in [0.29, 0.717) is 6.54 Å². The van der Waals surface area contributed by atoms with Gasteiger partial charge in [0.15, 0.2) is 0 Å². The van der Waals surface area contributed by atoms with E-state index in [4.69, 9.17) is 4.98 Å². The number of rotatable bonds is 3. The van der Waals surface area contributed by atoms with Crippen molar-refractivity contribution in [2.24, 2.45) is 0 Å². The molecule has 0 atom stereocenters. The van der Waals surface area contributed by atoms with E-state index in [9.17, 15) is 4.79 Å². The minimum atomic E-state index is 0.115. The van der Waals surface area contributed by atoms with E-state index in [1.165, 1.54) is 48.9 Å². The van der Waals surface area contributed by atoms with Gasteiger partial charge < -0.3 is 5.32 Å². The summed E-state index contributed by atoms with van der Waals surface area (Å²) in [6, 6.07) is 6.34. The topological polar surface area (TPSA) is 45.2 Å². The Kier molecular flexibility index (Phi) is 4.71. The lowest BCUT2D eigenvalue weighted by molar-refractivity contribution is -0.117. The van der Waals surface area contributed by atoms with Crippen LogP contribution in [0.5, 0.6) is 0 Å². The third-order valence-corrected chi connectivity index (χ3v) is 5.50. The van der Waals surface area contributed by atoms with Crippen molar-refractivity contribution >= 4 is 22.5 Å². The summed E-state index contributed by atoms with van der Waals surface area (Å²) in [4.78, 5) is 19.9. The number of nitrogens with one attached hydrogen (secondary N) is 1. The lowest BCUT2D eigenvalue weighted by atomic mass is 9.92. The van der Waals surface area contributed by atoms with E-state index in [0.717, 1.165) is 42.5 Å². The largest absolute Gasteiger partial charge is 0.324 e. The van der Waals surface area contributed by atoms with Crippen LogP contribution in [0.15, 0.2) is 18.2 Å². The number of hydrogen-bond acceptors (Lipinski definition) is 3. The molecule has 0 radical (unpaired) electrons. The number of fused-ring (bicyclic) bond motifs is 2. The average molecular weight is 337 g/mol. The molecule has 0 unspecified atom stereocenters. The van der Waals surface area contributed by atoms with Gasteiger partial charge >= 0.3 is 0 Å². The second-order valence-corrected chi connectivity index (χ2v) is 7.52. The Morgan fingerprint density at radius 1 is 1.12 bits per heavy atom. The minimum absolute atomic E-state index is 0.115. The Morgan fingerprint density at radius 3 is 2.76 bits per heavy atom. The average Bonchev–Trinajstić information content (AvgIpc) is 2.63. The van der Waals surface area contributed by atoms with E-state index in [2.05, 4.69) is 35.3 Å². The summed E-state index contributed by atoms with van der Waals surface area (Å²) in [5, 5.41) is 4.36. The van der Waals surface area contributed by atoms with Crippen molar-refractivity contribution in [3.63, 3.8) is 0 Å². The molecular weight excluding hydrogens is 310 g/mol. The first kappa shape index (κ1) is 16.5. The van der Waals surface area contributed by atoms with Crippen LogP contribution in [0.2, 0.25) is 0 Å². The number of piperidine rings is 1. The second-order valence-electron chi connectivity index (χ2n) is 7.52. The van der Waals surface area contributed by atoms with Crippen molar-refractivity contribution in [2.75, 3.05) is 25.0 Å². The van der Waals surface area contributed by atoms with Crippen LogP contribution in [-0.2, 0) is 17.6 Å². The summed E-state index contributed by atoms with van der Waals surface area (Å²) in [5.41, 5.74) is 5.66. The molecule has 2 aromatic rings. The molecule has 1 aromatic carbocycles. The van der Waals surface area contributed by atoms with Gasteiger partial charge in [-0.25, -0.2) is 0 Å². The van der Waals surface area contributed by atoms with Gasteiger partial charge in [0.1, 0.15) is 0 Å². The summed E-state index contributed by atoms with van der Waals surface area (Å²) >= 11 is 0. The molecule has 0 spiro atoms. The van der Waals surface area contributed by atoms with Crippen molar-refractivity contribution in [3.8, 4) is 0 Å². The summed E-state index contributed by atoms with van der Waals surface area (Å²) in [6.45, 7) is 4.69. The van der Waals surface area contributed by atoms with Crippen molar-refractivity contribution in [1.29, 1.82) is 0 Å². The first-order valence-electron chi connectivity index (χ1n) is 9.65. The molecule has 132 valence electrons. The molecule has 0 bridgehead atoms. The number of aromatic nitrogens is 1. The second kappa shape index (κ2) is 7.12. The van der Waals surface area contributed by atoms with Crippen molar-refractivity contribution < 1.29 is 4.79 Å². The number of hydrogen-bond donors (Lipinski definition) is 1. The van der Waals surface area contributed by atoms with Gasteiger partial charge in [0.05, 0.1) is 17.7 Å². The standard InChI is InChI=1S/C21H27N3O/c1-15-9-10-19-17(13-15)21(16-7-3-4-8-18(16)22-19)23-20(25)14-24-11-5-2-6-12-24/h9-10,13H,2-8,11-12,14H2,1H3,(H,22,23,25). The van der Waals surface area contributed by atoms with Gasteiger partial charge in [-0.3, -0.25) is 14.7 Å². The maximum atomic E-state index is 12.7. The highest BCUT2D eigenvalue weighted by molar-refractivity contribution is 6.03. The quantitative estimate of drug-likeness (QED) is 0.925. The first-order chi connectivity index (χ1) is 12.2. The Bertz CT molecular complexity index is 793. The predicted molar refractivity (Wildman–Crippen MR) is 102 cm³/mol. The summed E-state index contributed by atoms with van der Waals surface area (Å²) in [7, 11) is 0. The van der Waals surface area contributed by atoms with Crippen LogP contribution < -0.4 is 5.32 Å². The molecule has 2 heterocycles. The van der Waals surface area contributed by atoms with Crippen LogP contribution in [0, 0.1) is 6.92 Å². The zero-order chi connectivity index (χ0) is 17.2. The number of amides is 1. The Hall–Kier alpha value is -1.94. The molecule has 1 aliphatic heterocycles. The molecule has 1 aromatic heterocycles. The van der Waals surface area contributed by atoms with Crippen LogP contribution in [-0.4, -0.2) is 35.4 Å². The number of carbonyl (C=O) groups is 1. The Morgan fingerprint density at radius 2 is 1.92 bits per heavy atom. The van der Waals surface area contributed by atoms with E-state index in [-0.39, 0.29) is 5.91 Å². The highest BCUT2D eigenvalue weighted by atomic mass is 16.2. The van der Waals surface area contributed by atoms with Crippen LogP contribution in [0.4, 0.5) is 5.69 Å². The number of likely N-dealkylation sites (tertiary alicyclic amines) is 1. The molecule has 25 heavy (non-hydrogen) atoms. The first-order valence-corrected chi connectivity index (χ1v) is 9.65. The van der Waals surface area contributed by atoms with E-state index >= 15 is 0 Å². The number of benzene rings is 1. The molecule has 1 aliphatic carbocycles. The number of nitrogens with zero attached hydrogens (tertiary/aromatic N) is 2. The molecule has 4 rings (SSSR count). The lowest BCUT2D eigenvalue weighted by Gasteiger charge is -2.26. The molecule has 1 N–H and O–H groups in total. The summed E-state index contributed by atoms with van der Waals surface area (Å²) in [5.74, 6) is 0.115. The van der Waals surface area contributed by atoms with Gasteiger partial charge in [0, 0.05) is 11.1 Å². The minimum Gasteiger partial charge on any atom is -0.324 e. The molecule has 2 aliphatic rings. The summed E-state index contributed by atoms with van der Waals surface area (Å²) in [6.07, 6.45) is 8.12. The van der Waals surface area contributed by atoms with E-state index < -0.39 is 0 Å². The highest BCUT2D eigenvalue weighted by Crippen LogP contribution is 2.33. The van der Waals surface area contributed by atoms with Crippen molar-refractivity contribution in [1.82, 2.24) is 9.88 Å². The molecule has 4 nitrogen and oxygen atoms in total. The molecular formula is C21H27N3O. The fraction of sp³-hybridized carbons (Fsp3) is 0.524. The molecule has 0 saturated carbocycles. The van der Waals surface area contributed by atoms with Gasteiger partial charge in [-0.1, -0.05) is 18.1 Å². The lowest BCUT2D eigenvalue weighted by Crippen LogP contribution is -2.37. The predicted octanol–water partition coefficient (Wildman–Crippen LogP) is 3.85. The SMILES string of the molecule is Cc1ccc2nc3c(c(NC(=O)CN4CCCCC4)c2c1)CCCC3. The fourth-order valence-electron chi connectivity index (χ4n) is 4.18. The van der Waals surface area contributed by atoms with Crippen molar-refractivity contribution in [3.05, 3.63) is 35.0 Å². The maximum Gasteiger partial charge on any atom is 0.238 e. The van der Waals surface area contributed by atoms with Gasteiger partial charge in [0.25, 0.3) is 0 Å². The molecule has 4 heteroatoms. The number of carbonyl (C=O) groups excluding carboxylic acids is 1. The van der Waals surface area contributed by atoms with Crippen molar-refractivity contribution in [2.45, 2.75) is 51.9 Å². The van der Waals surface area contributed by atoms with Crippen LogP contribution in [0.3, 0.4) is 0 Å². The van der Waals surface area contributed by atoms with Gasteiger partial charge in [0.2, 0.25) is 5.91 Å². The Labute approximate surface area is 149 Å². The zero-order valence-corrected chi connectivity index (χ0v) is 15.1. The maximum absolute atomic E-state index is 12.7. The van der Waals surface area contributed by atoms with Crippen LogP contribution in [0.1, 0.15) is 48.9 Å². The third kappa shape index (κ3) is 3.54. The van der Waals surface area contributed by atoms with Crippen LogP contribution in [0.25, 0.3) is 10.9 Å². The monoisotopic (exact) mass is 337 g/mol. The smallest absolute Gasteiger partial charge is 0.238 e. The normalized spacial score (nSPS) is 18.1. The highest BCUT2D eigenvalue weighted by Gasteiger charge is 2.21. The van der Waals surface area contributed by atoms with Gasteiger partial charge in [-0.05, 0) is 76.2 Å². The molecule has 1 saturated heterocycles. The number of aryl methyl sites for hydroxylation is 2. The number of anilines is 1.